The van der Waals surface area contributed by atoms with Crippen molar-refractivity contribution >= 4 is 41.1 Å². The zero-order valence-corrected chi connectivity index (χ0v) is 34.8. The summed E-state index contributed by atoms with van der Waals surface area (Å²) >= 11 is 6.08. The van der Waals surface area contributed by atoms with Crippen LogP contribution in [0.25, 0.3) is 0 Å². The quantitative estimate of drug-likeness (QED) is 0.0812. The van der Waals surface area contributed by atoms with Crippen LogP contribution in [0.4, 0.5) is 11.6 Å². The molecule has 3 fully saturated rings. The highest BCUT2D eigenvalue weighted by Gasteiger charge is 2.36. The number of nitrogens with zero attached hydrogens (tertiary/aromatic N) is 3. The second-order valence-electron chi connectivity index (χ2n) is 15.5. The van der Waals surface area contributed by atoms with Gasteiger partial charge in [-0.15, -0.1) is 0 Å². The Morgan fingerprint density at radius 2 is 1.32 bits per heavy atom. The number of amides is 1. The van der Waals surface area contributed by atoms with Gasteiger partial charge in [-0.25, -0.2) is 19.6 Å². The average Bonchev–Trinajstić information content (AvgIpc) is 3.26. The number of aryl methyl sites for hydroxylation is 2. The van der Waals surface area contributed by atoms with Crippen LogP contribution >= 0.6 is 11.6 Å². The lowest BCUT2D eigenvalue weighted by molar-refractivity contribution is -0.933. The highest BCUT2D eigenvalue weighted by atomic mass is 35.5. The van der Waals surface area contributed by atoms with E-state index in [4.69, 9.17) is 51.5 Å². The molecule has 0 spiro atoms. The lowest BCUT2D eigenvalue weighted by Crippen LogP contribution is -2.60. The van der Waals surface area contributed by atoms with Crippen LogP contribution in [0.15, 0.2) is 48.5 Å². The molecule has 4 heterocycles. The van der Waals surface area contributed by atoms with Crippen LogP contribution in [0.1, 0.15) is 47.3 Å². The van der Waals surface area contributed by atoms with Gasteiger partial charge in [0.2, 0.25) is 0 Å². The van der Waals surface area contributed by atoms with E-state index in [0.29, 0.717) is 37.9 Å². The molecule has 3 unspecified atom stereocenters. The van der Waals surface area contributed by atoms with Crippen LogP contribution in [0.3, 0.4) is 0 Å². The van der Waals surface area contributed by atoms with Crippen molar-refractivity contribution in [2.24, 2.45) is 0 Å². The predicted octanol–water partition coefficient (Wildman–Crippen LogP) is 2.09. The minimum absolute atomic E-state index is 0.00327. The molecule has 0 bridgehead atoms. The fraction of sp³-hybridized carbons (Fsp3) is 0.548. The number of hydrogen-bond acceptors (Lipinski definition) is 15. The summed E-state index contributed by atoms with van der Waals surface area (Å²) in [7, 11) is 0. The maximum absolute atomic E-state index is 13.3. The topological polar surface area (TPSA) is 220 Å². The molecular formula is C42H58ClN8O9+. The number of hydrogen-bond donors (Lipinski definition) is 5. The molecule has 6 rings (SSSR count). The van der Waals surface area contributed by atoms with Gasteiger partial charge in [-0.2, -0.15) is 0 Å². The van der Waals surface area contributed by atoms with E-state index in [9.17, 15) is 14.4 Å². The zero-order chi connectivity index (χ0) is 42.2. The molecule has 3 aliphatic rings. The third-order valence-electron chi connectivity index (χ3n) is 10.9. The van der Waals surface area contributed by atoms with Crippen LogP contribution < -0.4 is 36.9 Å². The number of aromatic nitrogens is 2. The Morgan fingerprint density at radius 3 is 1.82 bits per heavy atom. The molecule has 2 aromatic carbocycles. The number of nitrogens with two attached hydrogens (primary N) is 2. The van der Waals surface area contributed by atoms with Crippen molar-refractivity contribution in [3.05, 3.63) is 70.5 Å². The highest BCUT2D eigenvalue weighted by Crippen LogP contribution is 2.25. The van der Waals surface area contributed by atoms with E-state index < -0.39 is 17.8 Å². The first-order chi connectivity index (χ1) is 29.1. The van der Waals surface area contributed by atoms with Gasteiger partial charge in [0.25, 0.3) is 5.91 Å². The lowest BCUT2D eigenvalue weighted by atomic mass is 9.99. The molecule has 0 radical (unpaired) electrons. The van der Waals surface area contributed by atoms with E-state index >= 15 is 0 Å². The van der Waals surface area contributed by atoms with Gasteiger partial charge < -0.3 is 60.3 Å². The maximum atomic E-state index is 13.3. The third kappa shape index (κ3) is 14.2. The fourth-order valence-corrected chi connectivity index (χ4v) is 7.90. The van der Waals surface area contributed by atoms with Gasteiger partial charge in [0, 0.05) is 25.9 Å². The number of nitrogens with one attached hydrogen (secondary N) is 3. The molecule has 3 aromatic rings. The van der Waals surface area contributed by atoms with Crippen molar-refractivity contribution in [2.75, 3.05) is 104 Å². The van der Waals surface area contributed by atoms with Crippen LogP contribution in [0.5, 0.6) is 11.5 Å². The average molecular weight is 854 g/mol. The van der Waals surface area contributed by atoms with Gasteiger partial charge in [-0.05, 0) is 61.1 Å². The minimum Gasteiger partial charge on any atom is -0.482 e. The molecule has 18 heteroatoms. The molecule has 1 amide bonds. The Kier molecular flexibility index (Phi) is 16.9. The summed E-state index contributed by atoms with van der Waals surface area (Å²) in [6, 6.07) is 15.5. The van der Waals surface area contributed by atoms with Gasteiger partial charge in [0.1, 0.15) is 24.7 Å². The van der Waals surface area contributed by atoms with E-state index in [0.717, 1.165) is 93.4 Å². The predicted molar refractivity (Wildman–Crippen MR) is 224 cm³/mol. The van der Waals surface area contributed by atoms with Crippen LogP contribution in [-0.4, -0.2) is 143 Å². The molecule has 1 aromatic heterocycles. The Balaban J connectivity index is 0.998. The first-order valence-electron chi connectivity index (χ1n) is 20.7. The molecule has 7 N–H and O–H groups in total. The number of anilines is 2. The smallest absolute Gasteiger partial charge is 0.344 e. The highest BCUT2D eigenvalue weighted by molar-refractivity contribution is 6.31. The van der Waals surface area contributed by atoms with Crippen LogP contribution in [0, 0.1) is 0 Å². The second-order valence-corrected chi connectivity index (χ2v) is 15.9. The summed E-state index contributed by atoms with van der Waals surface area (Å²) in [6.07, 6.45) is 5.32. The summed E-state index contributed by atoms with van der Waals surface area (Å²) in [6.45, 7) is 7.55. The van der Waals surface area contributed by atoms with E-state index in [1.54, 1.807) is 0 Å². The second kappa shape index (κ2) is 22.7. The van der Waals surface area contributed by atoms with Crippen molar-refractivity contribution in [3.8, 4) is 11.5 Å². The number of benzene rings is 2. The third-order valence-corrected chi connectivity index (χ3v) is 11.2. The number of carbonyl (C=O) groups is 3. The normalized spacial score (nSPS) is 21.7. The number of carbonyl (C=O) groups excluding carboxylic acids is 3. The summed E-state index contributed by atoms with van der Waals surface area (Å²) in [5, 5.41) is 9.59. The van der Waals surface area contributed by atoms with Gasteiger partial charge in [-0.3, -0.25) is 4.79 Å². The number of esters is 2. The van der Waals surface area contributed by atoms with E-state index in [1.165, 1.54) is 0 Å². The van der Waals surface area contributed by atoms with Gasteiger partial charge in [0.15, 0.2) is 35.7 Å². The molecule has 3 atom stereocenters. The van der Waals surface area contributed by atoms with Crippen molar-refractivity contribution in [1.29, 1.82) is 0 Å². The van der Waals surface area contributed by atoms with E-state index in [1.807, 2.05) is 48.5 Å². The Bertz CT molecular complexity index is 1760. The van der Waals surface area contributed by atoms with Crippen molar-refractivity contribution in [1.82, 2.24) is 25.9 Å². The van der Waals surface area contributed by atoms with Crippen LogP contribution in [0.2, 0.25) is 5.15 Å². The van der Waals surface area contributed by atoms with Crippen molar-refractivity contribution in [2.45, 2.75) is 56.7 Å². The summed E-state index contributed by atoms with van der Waals surface area (Å²) in [5.74, 6) is -0.174. The molecule has 326 valence electrons. The Morgan fingerprint density at radius 1 is 0.783 bits per heavy atom. The van der Waals surface area contributed by atoms with E-state index in [2.05, 4.69) is 25.9 Å². The molecule has 0 aliphatic carbocycles. The van der Waals surface area contributed by atoms with Crippen molar-refractivity contribution < 1.29 is 47.3 Å². The number of likely N-dealkylation sites (tertiary alicyclic amines) is 1. The Labute approximate surface area is 355 Å². The molecule has 17 nitrogen and oxygen atoms in total. The number of morpholine rings is 2. The zero-order valence-electron chi connectivity index (χ0n) is 34.0. The largest absolute Gasteiger partial charge is 0.482 e. The number of nitrogen functional groups attached to an aromatic ring is 2. The maximum Gasteiger partial charge on any atom is 0.344 e. The number of halogens is 1. The molecule has 3 saturated heterocycles. The number of piperidine rings is 1. The van der Waals surface area contributed by atoms with Gasteiger partial charge in [-0.1, -0.05) is 35.9 Å². The first kappa shape index (κ1) is 44.8. The van der Waals surface area contributed by atoms with Gasteiger partial charge in [0.05, 0.1) is 70.7 Å². The lowest BCUT2D eigenvalue weighted by Gasteiger charge is -2.45. The summed E-state index contributed by atoms with van der Waals surface area (Å²) in [5.41, 5.74) is 14.0. The number of ether oxygens (including phenoxy) is 6. The molecule has 3 aliphatic heterocycles. The molecule has 0 saturated carbocycles. The molecule has 60 heavy (non-hydrogen) atoms. The van der Waals surface area contributed by atoms with E-state index in [-0.39, 0.29) is 67.0 Å². The fourth-order valence-electron chi connectivity index (χ4n) is 7.77. The van der Waals surface area contributed by atoms with Crippen molar-refractivity contribution in [3.63, 3.8) is 0 Å². The van der Waals surface area contributed by atoms with Gasteiger partial charge >= 0.3 is 11.9 Å². The molecular weight excluding hydrogens is 796 g/mol. The standard InChI is InChI=1S/C42H57ClN8O9/c43-39-41(45)50-40(44)38(49-39)42(54)48-31-6-3-19-51(22-31,17-1-4-29-7-11-34(12-8-29)57-27-36(52)59-25-32-23-55-20-15-46-32)18-2-5-30-9-13-35(14-10-30)58-28-37(53)60-26-33-24-56-21-16-47-33/h7-14,31-33,46-47H,1-6,15-28H2,(H4-,44,45,48,50,54)/p+1. The summed E-state index contributed by atoms with van der Waals surface area (Å²) in [4.78, 5) is 45.9. The monoisotopic (exact) mass is 853 g/mol. The number of quaternary nitrogens is 1. The Hall–Kier alpha value is -4.78. The minimum atomic E-state index is -0.426. The number of rotatable bonds is 20. The van der Waals surface area contributed by atoms with Crippen LogP contribution in [-0.2, 0) is 41.4 Å². The SMILES string of the molecule is Nc1nc(N)c(C(=O)NC2CCC[N+](CCCc3ccc(OCC(=O)OCC4COCCN4)cc3)(CCCc3ccc(OCC(=O)OCC4COCCN4)cc3)C2)nc1Cl. The first-order valence-corrected chi connectivity index (χ1v) is 21.1. The summed E-state index contributed by atoms with van der Waals surface area (Å²) < 4.78 is 33.7.